The van der Waals surface area contributed by atoms with Gasteiger partial charge in [-0.2, -0.15) is 0 Å². The molecule has 3 rings (SSSR count). The third-order valence-electron chi connectivity index (χ3n) is 6.41. The highest BCUT2D eigenvalue weighted by atomic mass is 16.6. The lowest BCUT2D eigenvalue weighted by Gasteiger charge is -2.35. The molecule has 0 aromatic heterocycles. The van der Waals surface area contributed by atoms with Crippen molar-refractivity contribution in [1.29, 1.82) is 0 Å². The van der Waals surface area contributed by atoms with E-state index in [1.807, 2.05) is 11.0 Å². The fraction of sp³-hybridized carbons (Fsp3) is 0.615. The molecular formula is C26H38N4O5. The first-order valence-electron chi connectivity index (χ1n) is 12.5. The summed E-state index contributed by atoms with van der Waals surface area (Å²) in [6.07, 6.45) is 4.16. The van der Waals surface area contributed by atoms with Gasteiger partial charge in [0.2, 0.25) is 11.8 Å². The van der Waals surface area contributed by atoms with Crippen molar-refractivity contribution >= 4 is 23.8 Å². The van der Waals surface area contributed by atoms with Gasteiger partial charge in [0.15, 0.2) is 0 Å². The van der Waals surface area contributed by atoms with Crippen LogP contribution in [0, 0.1) is 5.92 Å². The van der Waals surface area contributed by atoms with Crippen LogP contribution in [0.3, 0.4) is 0 Å². The van der Waals surface area contributed by atoms with E-state index >= 15 is 0 Å². The second-order valence-electron chi connectivity index (χ2n) is 10.4. The lowest BCUT2D eigenvalue weighted by Crippen LogP contribution is -2.54. The predicted molar refractivity (Wildman–Crippen MR) is 132 cm³/mol. The van der Waals surface area contributed by atoms with Gasteiger partial charge in [-0.3, -0.25) is 14.4 Å². The number of rotatable bonds is 7. The molecule has 1 atom stereocenters. The molecule has 1 unspecified atom stereocenters. The first-order chi connectivity index (χ1) is 16.6. The van der Waals surface area contributed by atoms with Crippen LogP contribution in [0.1, 0.15) is 69.7 Å². The normalized spacial score (nSPS) is 21.1. The first-order valence-corrected chi connectivity index (χ1v) is 12.5. The first kappa shape index (κ1) is 26.5. The molecule has 1 aromatic rings. The molecule has 1 aliphatic heterocycles. The summed E-state index contributed by atoms with van der Waals surface area (Å²) in [5, 5.41) is 8.46. The Hall–Kier alpha value is -3.10. The van der Waals surface area contributed by atoms with Gasteiger partial charge in [0.1, 0.15) is 11.6 Å². The molecule has 0 bridgehead atoms. The summed E-state index contributed by atoms with van der Waals surface area (Å²) in [7, 11) is 0. The Bertz CT molecular complexity index is 885. The number of benzene rings is 1. The Morgan fingerprint density at radius 3 is 2.23 bits per heavy atom. The SMILES string of the molecule is CC(C)(C)OC(=O)NC(C(=O)N1CCCC1)C1CCC(NC(=O)CNC(=O)c2ccccc2)CC1. The summed E-state index contributed by atoms with van der Waals surface area (Å²) in [6, 6.07) is 8.09. The quantitative estimate of drug-likeness (QED) is 0.548. The van der Waals surface area contributed by atoms with Gasteiger partial charge < -0.3 is 25.6 Å². The summed E-state index contributed by atoms with van der Waals surface area (Å²) in [6.45, 7) is 6.71. The minimum atomic E-state index is -0.650. The summed E-state index contributed by atoms with van der Waals surface area (Å²) >= 11 is 0. The van der Waals surface area contributed by atoms with Crippen molar-refractivity contribution in [1.82, 2.24) is 20.9 Å². The Labute approximate surface area is 207 Å². The van der Waals surface area contributed by atoms with Gasteiger partial charge in [-0.25, -0.2) is 4.79 Å². The van der Waals surface area contributed by atoms with Crippen LogP contribution in [0.4, 0.5) is 4.79 Å². The molecule has 1 aromatic carbocycles. The largest absolute Gasteiger partial charge is 0.444 e. The smallest absolute Gasteiger partial charge is 0.408 e. The van der Waals surface area contributed by atoms with Crippen molar-refractivity contribution in [2.24, 2.45) is 5.92 Å². The van der Waals surface area contributed by atoms with Gasteiger partial charge in [-0.05, 0) is 77.3 Å². The number of nitrogens with zero attached hydrogens (tertiary/aromatic N) is 1. The Morgan fingerprint density at radius 1 is 1.00 bits per heavy atom. The molecule has 9 heteroatoms. The Kier molecular flexibility index (Phi) is 9.12. The van der Waals surface area contributed by atoms with Crippen molar-refractivity contribution in [3.63, 3.8) is 0 Å². The maximum absolute atomic E-state index is 13.2. The van der Waals surface area contributed by atoms with Gasteiger partial charge >= 0.3 is 6.09 Å². The molecule has 1 aliphatic carbocycles. The number of ether oxygens (including phenoxy) is 1. The zero-order valence-electron chi connectivity index (χ0n) is 21.0. The van der Waals surface area contributed by atoms with Crippen molar-refractivity contribution in [2.45, 2.75) is 77.0 Å². The van der Waals surface area contributed by atoms with Crippen LogP contribution in [0.5, 0.6) is 0 Å². The third-order valence-corrected chi connectivity index (χ3v) is 6.41. The van der Waals surface area contributed by atoms with Crippen molar-refractivity contribution in [2.75, 3.05) is 19.6 Å². The number of alkyl carbamates (subject to hydrolysis) is 1. The lowest BCUT2D eigenvalue weighted by molar-refractivity contribution is -0.134. The molecule has 2 fully saturated rings. The third kappa shape index (κ3) is 8.26. The highest BCUT2D eigenvalue weighted by Crippen LogP contribution is 2.29. The predicted octanol–water partition coefficient (Wildman–Crippen LogP) is 2.61. The Balaban J connectivity index is 1.50. The highest BCUT2D eigenvalue weighted by Gasteiger charge is 2.37. The minimum Gasteiger partial charge on any atom is -0.444 e. The number of nitrogens with one attached hydrogen (secondary N) is 3. The number of likely N-dealkylation sites (tertiary alicyclic amines) is 1. The molecule has 35 heavy (non-hydrogen) atoms. The van der Waals surface area contributed by atoms with E-state index in [1.165, 1.54) is 0 Å². The van der Waals surface area contributed by atoms with E-state index in [0.717, 1.165) is 12.8 Å². The molecule has 0 spiro atoms. The topological polar surface area (TPSA) is 117 Å². The molecule has 0 radical (unpaired) electrons. The van der Waals surface area contributed by atoms with E-state index < -0.39 is 17.7 Å². The average molecular weight is 487 g/mol. The van der Waals surface area contributed by atoms with Crippen LogP contribution in [0.25, 0.3) is 0 Å². The van der Waals surface area contributed by atoms with Crippen molar-refractivity contribution in [3.05, 3.63) is 35.9 Å². The molecule has 4 amide bonds. The van der Waals surface area contributed by atoms with Gasteiger partial charge in [0.05, 0.1) is 6.54 Å². The zero-order valence-corrected chi connectivity index (χ0v) is 21.0. The van der Waals surface area contributed by atoms with Crippen LogP contribution in [0.15, 0.2) is 30.3 Å². The second kappa shape index (κ2) is 12.0. The maximum Gasteiger partial charge on any atom is 0.408 e. The molecular weight excluding hydrogens is 448 g/mol. The van der Waals surface area contributed by atoms with Crippen LogP contribution >= 0.6 is 0 Å². The van der Waals surface area contributed by atoms with E-state index in [0.29, 0.717) is 44.3 Å². The zero-order chi connectivity index (χ0) is 25.4. The summed E-state index contributed by atoms with van der Waals surface area (Å²) in [5.74, 6) is -0.610. The number of carbonyl (C=O) groups is 4. The minimum absolute atomic E-state index is 0.0263. The van der Waals surface area contributed by atoms with E-state index in [-0.39, 0.29) is 36.2 Å². The van der Waals surface area contributed by atoms with Gasteiger partial charge in [-0.1, -0.05) is 18.2 Å². The van der Waals surface area contributed by atoms with Crippen LogP contribution in [-0.2, 0) is 14.3 Å². The number of carbonyl (C=O) groups excluding carboxylic acids is 4. The molecule has 3 N–H and O–H groups in total. The van der Waals surface area contributed by atoms with Crippen LogP contribution in [-0.4, -0.2) is 66.0 Å². The van der Waals surface area contributed by atoms with Crippen LogP contribution < -0.4 is 16.0 Å². The standard InChI is InChI=1S/C26H38N4O5/c1-26(2,3)35-25(34)29-22(24(33)30-15-7-8-16-30)18-11-13-20(14-12-18)28-21(31)17-27-23(32)19-9-5-4-6-10-19/h4-6,9-10,18,20,22H,7-8,11-17H2,1-3H3,(H,27,32)(H,28,31)(H,29,34). The van der Waals surface area contributed by atoms with E-state index in [1.54, 1.807) is 45.0 Å². The molecule has 9 nitrogen and oxygen atoms in total. The Morgan fingerprint density at radius 2 is 1.63 bits per heavy atom. The van der Waals surface area contributed by atoms with Gasteiger partial charge in [0.25, 0.3) is 5.91 Å². The van der Waals surface area contributed by atoms with Gasteiger partial charge in [-0.15, -0.1) is 0 Å². The van der Waals surface area contributed by atoms with Gasteiger partial charge in [0, 0.05) is 24.7 Å². The van der Waals surface area contributed by atoms with E-state index in [9.17, 15) is 19.2 Å². The number of hydrogen-bond acceptors (Lipinski definition) is 5. The fourth-order valence-corrected chi connectivity index (χ4v) is 4.68. The molecule has 2 aliphatic rings. The van der Waals surface area contributed by atoms with Crippen molar-refractivity contribution in [3.8, 4) is 0 Å². The summed E-state index contributed by atoms with van der Waals surface area (Å²) < 4.78 is 5.41. The number of amides is 4. The summed E-state index contributed by atoms with van der Waals surface area (Å²) in [5.41, 5.74) is -0.143. The molecule has 1 heterocycles. The fourth-order valence-electron chi connectivity index (χ4n) is 4.68. The summed E-state index contributed by atoms with van der Waals surface area (Å²) in [4.78, 5) is 52.0. The lowest BCUT2D eigenvalue weighted by atomic mass is 9.81. The highest BCUT2D eigenvalue weighted by molar-refractivity contribution is 5.96. The van der Waals surface area contributed by atoms with E-state index in [2.05, 4.69) is 16.0 Å². The molecule has 192 valence electrons. The maximum atomic E-state index is 13.2. The van der Waals surface area contributed by atoms with E-state index in [4.69, 9.17) is 4.74 Å². The average Bonchev–Trinajstić information content (AvgIpc) is 3.36. The monoisotopic (exact) mass is 486 g/mol. The number of hydrogen-bond donors (Lipinski definition) is 3. The van der Waals surface area contributed by atoms with Crippen molar-refractivity contribution < 1.29 is 23.9 Å². The van der Waals surface area contributed by atoms with Crippen LogP contribution in [0.2, 0.25) is 0 Å². The second-order valence-corrected chi connectivity index (χ2v) is 10.4. The molecule has 1 saturated carbocycles. The molecule has 1 saturated heterocycles.